The van der Waals surface area contributed by atoms with Crippen molar-refractivity contribution < 1.29 is 22.9 Å². The molecule has 1 N–H and O–H groups in total. The van der Waals surface area contributed by atoms with Crippen molar-refractivity contribution in [1.29, 1.82) is 0 Å². The molecule has 0 aliphatic carbocycles. The third-order valence-corrected chi connectivity index (χ3v) is 5.04. The number of carbonyl (C=O) groups is 1. The second kappa shape index (κ2) is 9.22. The Kier molecular flexibility index (Phi) is 7.22. The fourth-order valence-electron chi connectivity index (χ4n) is 3.17. The van der Waals surface area contributed by atoms with E-state index in [4.69, 9.17) is 0 Å². The summed E-state index contributed by atoms with van der Waals surface area (Å²) in [6.45, 7) is 4.96. The number of carbonyl (C=O) groups excluding carboxylic acids is 1. The summed E-state index contributed by atoms with van der Waals surface area (Å²) in [5, 5.41) is 14.2. The van der Waals surface area contributed by atoms with Crippen LogP contribution in [0.4, 0.5) is 24.5 Å². The summed E-state index contributed by atoms with van der Waals surface area (Å²) in [6, 6.07) is 2.56. The van der Waals surface area contributed by atoms with Gasteiger partial charge in [0.05, 0.1) is 10.5 Å². The van der Waals surface area contributed by atoms with E-state index in [0.29, 0.717) is 38.5 Å². The molecule has 156 valence electrons. The van der Waals surface area contributed by atoms with Crippen LogP contribution in [0.1, 0.15) is 25.3 Å². The monoisotopic (exact) mass is 402 g/mol. The minimum atomic E-state index is -4.64. The summed E-state index contributed by atoms with van der Waals surface area (Å²) < 4.78 is 38.5. The van der Waals surface area contributed by atoms with Crippen LogP contribution in [0.15, 0.2) is 18.2 Å². The molecule has 0 bridgehead atoms. The van der Waals surface area contributed by atoms with Crippen LogP contribution >= 0.6 is 0 Å². The van der Waals surface area contributed by atoms with Crippen molar-refractivity contribution >= 4 is 17.3 Å². The molecule has 1 saturated heterocycles. The minimum absolute atomic E-state index is 0.0499. The highest BCUT2D eigenvalue weighted by molar-refractivity contribution is 5.79. The molecule has 1 fully saturated rings. The Morgan fingerprint density at radius 3 is 2.54 bits per heavy atom. The van der Waals surface area contributed by atoms with E-state index in [2.05, 4.69) is 10.2 Å². The molecule has 0 aromatic heterocycles. The van der Waals surface area contributed by atoms with E-state index in [9.17, 15) is 28.1 Å². The third-order valence-electron chi connectivity index (χ3n) is 5.04. The van der Waals surface area contributed by atoms with Crippen molar-refractivity contribution in [3.63, 3.8) is 0 Å². The largest absolute Gasteiger partial charge is 0.416 e. The number of likely N-dealkylation sites (N-methyl/N-ethyl adjacent to an activating group) is 1. The second-order valence-corrected chi connectivity index (χ2v) is 6.91. The quantitative estimate of drug-likeness (QED) is 0.561. The van der Waals surface area contributed by atoms with Crippen molar-refractivity contribution in [2.75, 3.05) is 44.7 Å². The van der Waals surface area contributed by atoms with Crippen LogP contribution in [0.3, 0.4) is 0 Å². The van der Waals surface area contributed by atoms with Gasteiger partial charge in [0.1, 0.15) is 5.69 Å². The molecular weight excluding hydrogens is 377 g/mol. The van der Waals surface area contributed by atoms with Crippen LogP contribution in [-0.4, -0.2) is 55.5 Å². The number of hydrogen-bond acceptors (Lipinski definition) is 5. The topological polar surface area (TPSA) is 78.7 Å². The molecule has 0 unspecified atom stereocenters. The summed E-state index contributed by atoms with van der Waals surface area (Å²) in [6.07, 6.45) is -3.65. The number of rotatable bonds is 7. The number of nitro benzene ring substituents is 1. The van der Waals surface area contributed by atoms with Crippen LogP contribution in [0.2, 0.25) is 0 Å². The van der Waals surface area contributed by atoms with Crippen LogP contribution in [0.25, 0.3) is 0 Å². The zero-order valence-electron chi connectivity index (χ0n) is 16.0. The molecule has 7 nitrogen and oxygen atoms in total. The number of hydrogen-bond donors (Lipinski definition) is 1. The SMILES string of the molecule is CCN(C)CCNC(=O)C1CCN(c2ccc(C(F)(F)F)cc2[N+](=O)[O-])CC1. The van der Waals surface area contributed by atoms with E-state index < -0.39 is 22.4 Å². The molecule has 2 rings (SSSR count). The van der Waals surface area contributed by atoms with Gasteiger partial charge in [-0.3, -0.25) is 14.9 Å². The van der Waals surface area contributed by atoms with E-state index in [-0.39, 0.29) is 17.5 Å². The average Bonchev–Trinajstić information content (AvgIpc) is 2.66. The average molecular weight is 402 g/mol. The first kappa shape index (κ1) is 21.9. The van der Waals surface area contributed by atoms with Crippen LogP contribution in [-0.2, 0) is 11.0 Å². The Hall–Kier alpha value is -2.36. The normalized spacial score (nSPS) is 15.7. The van der Waals surface area contributed by atoms with E-state index in [1.54, 1.807) is 4.90 Å². The number of piperidine rings is 1. The number of alkyl halides is 3. The summed E-state index contributed by atoms with van der Waals surface area (Å²) >= 11 is 0. The lowest BCUT2D eigenvalue weighted by molar-refractivity contribution is -0.384. The first-order chi connectivity index (χ1) is 13.1. The lowest BCUT2D eigenvalue weighted by Crippen LogP contribution is -2.42. The molecule has 28 heavy (non-hydrogen) atoms. The molecule has 1 aromatic rings. The van der Waals surface area contributed by atoms with E-state index in [1.807, 2.05) is 14.0 Å². The highest BCUT2D eigenvalue weighted by Crippen LogP contribution is 2.37. The number of nitrogens with one attached hydrogen (secondary N) is 1. The van der Waals surface area contributed by atoms with Crippen molar-refractivity contribution in [3.05, 3.63) is 33.9 Å². The molecular formula is C18H25F3N4O3. The number of nitro groups is 1. The zero-order chi connectivity index (χ0) is 20.9. The molecule has 1 heterocycles. The van der Waals surface area contributed by atoms with E-state index >= 15 is 0 Å². The number of benzene rings is 1. The molecule has 1 aromatic carbocycles. The Balaban J connectivity index is 1.99. The Morgan fingerprint density at radius 2 is 2.00 bits per heavy atom. The number of amides is 1. The van der Waals surface area contributed by atoms with Gasteiger partial charge in [0.2, 0.25) is 5.91 Å². The molecule has 0 spiro atoms. The van der Waals surface area contributed by atoms with Gasteiger partial charge in [-0.15, -0.1) is 0 Å². The lowest BCUT2D eigenvalue weighted by atomic mass is 9.95. The summed E-state index contributed by atoms with van der Waals surface area (Å²) in [5.41, 5.74) is -1.46. The van der Waals surface area contributed by atoms with Gasteiger partial charge < -0.3 is 15.1 Å². The summed E-state index contributed by atoms with van der Waals surface area (Å²) in [5.74, 6) is -0.247. The third kappa shape index (κ3) is 5.57. The molecule has 0 saturated carbocycles. The van der Waals surface area contributed by atoms with Gasteiger partial charge in [-0.05, 0) is 38.6 Å². The van der Waals surface area contributed by atoms with Crippen LogP contribution in [0, 0.1) is 16.0 Å². The minimum Gasteiger partial charge on any atom is -0.366 e. The maximum absolute atomic E-state index is 12.8. The highest BCUT2D eigenvalue weighted by Gasteiger charge is 2.34. The van der Waals surface area contributed by atoms with Crippen molar-refractivity contribution in [1.82, 2.24) is 10.2 Å². The summed E-state index contributed by atoms with van der Waals surface area (Å²) in [7, 11) is 1.96. The highest BCUT2D eigenvalue weighted by atomic mass is 19.4. The molecule has 1 amide bonds. The second-order valence-electron chi connectivity index (χ2n) is 6.91. The van der Waals surface area contributed by atoms with Gasteiger partial charge >= 0.3 is 6.18 Å². The molecule has 10 heteroatoms. The Morgan fingerprint density at radius 1 is 1.36 bits per heavy atom. The Bertz CT molecular complexity index is 704. The van der Waals surface area contributed by atoms with Gasteiger partial charge in [-0.1, -0.05) is 6.92 Å². The van der Waals surface area contributed by atoms with Crippen molar-refractivity contribution in [2.24, 2.45) is 5.92 Å². The number of nitrogens with zero attached hydrogens (tertiary/aromatic N) is 3. The Labute approximate surface area is 161 Å². The number of halogens is 3. The first-order valence-corrected chi connectivity index (χ1v) is 9.20. The van der Waals surface area contributed by atoms with E-state index in [1.165, 1.54) is 0 Å². The van der Waals surface area contributed by atoms with Gasteiger partial charge in [0, 0.05) is 38.2 Å². The maximum atomic E-state index is 12.8. The number of anilines is 1. The maximum Gasteiger partial charge on any atom is 0.416 e. The molecule has 1 aliphatic rings. The molecule has 0 atom stereocenters. The van der Waals surface area contributed by atoms with Gasteiger partial charge in [0.15, 0.2) is 0 Å². The molecule has 1 aliphatic heterocycles. The smallest absolute Gasteiger partial charge is 0.366 e. The summed E-state index contributed by atoms with van der Waals surface area (Å²) in [4.78, 5) is 26.5. The first-order valence-electron chi connectivity index (χ1n) is 9.20. The fourth-order valence-corrected chi connectivity index (χ4v) is 3.17. The van der Waals surface area contributed by atoms with Crippen molar-refractivity contribution in [3.8, 4) is 0 Å². The van der Waals surface area contributed by atoms with Crippen LogP contribution in [0.5, 0.6) is 0 Å². The fraction of sp³-hybridized carbons (Fsp3) is 0.611. The predicted octanol–water partition coefficient (Wildman–Crippen LogP) is 2.90. The van der Waals surface area contributed by atoms with Crippen LogP contribution < -0.4 is 10.2 Å². The standard InChI is InChI=1S/C18H25F3N4O3/c1-3-23(2)11-8-22-17(26)13-6-9-24(10-7-13)15-5-4-14(18(19,20)21)12-16(15)25(27)28/h4-5,12-13H,3,6-11H2,1-2H3,(H,22,26). The zero-order valence-corrected chi connectivity index (χ0v) is 16.0. The predicted molar refractivity (Wildman–Crippen MR) is 99.2 cm³/mol. The van der Waals surface area contributed by atoms with E-state index in [0.717, 1.165) is 25.2 Å². The van der Waals surface area contributed by atoms with Gasteiger partial charge in [-0.2, -0.15) is 13.2 Å². The van der Waals surface area contributed by atoms with Crippen molar-refractivity contribution in [2.45, 2.75) is 25.9 Å². The van der Waals surface area contributed by atoms with Gasteiger partial charge in [-0.25, -0.2) is 0 Å². The molecule has 0 radical (unpaired) electrons. The van der Waals surface area contributed by atoms with Gasteiger partial charge in [0.25, 0.3) is 5.69 Å². The lowest BCUT2D eigenvalue weighted by Gasteiger charge is -2.32.